The van der Waals surface area contributed by atoms with Crippen molar-refractivity contribution in [2.24, 2.45) is 0 Å². The molecule has 1 fully saturated rings. The van der Waals surface area contributed by atoms with E-state index >= 15 is 0 Å². The number of pyridine rings is 1. The maximum Gasteiger partial charge on any atom is 0.260 e. The minimum Gasteiger partial charge on any atom is -0.479 e. The first-order valence-corrected chi connectivity index (χ1v) is 6.33. The highest BCUT2D eigenvalue weighted by Crippen LogP contribution is 2.10. The van der Waals surface area contributed by atoms with Crippen molar-refractivity contribution in [3.05, 3.63) is 24.5 Å². The summed E-state index contributed by atoms with van der Waals surface area (Å²) in [6.07, 6.45) is 4.74. The molecule has 1 saturated heterocycles. The normalized spacial score (nSPS) is 16.2. The Morgan fingerprint density at radius 1 is 1.45 bits per heavy atom. The zero-order valence-electron chi connectivity index (χ0n) is 11.4. The van der Waals surface area contributed by atoms with Gasteiger partial charge >= 0.3 is 0 Å². The third-order valence-corrected chi connectivity index (χ3v) is 3.00. The number of rotatable bonds is 4. The zero-order valence-corrected chi connectivity index (χ0v) is 13.0. The van der Waals surface area contributed by atoms with Crippen LogP contribution < -0.4 is 15.4 Å². The Hall–Kier alpha value is -1.04. The Morgan fingerprint density at radius 2 is 2.15 bits per heavy atom. The molecule has 1 unspecified atom stereocenters. The van der Waals surface area contributed by atoms with E-state index in [0.717, 1.165) is 25.9 Å². The summed E-state index contributed by atoms with van der Waals surface area (Å²) in [5.74, 6) is 0.552. The summed E-state index contributed by atoms with van der Waals surface area (Å²) < 4.78 is 5.53. The number of piperidine rings is 1. The van der Waals surface area contributed by atoms with Gasteiger partial charge in [0.1, 0.15) is 5.75 Å². The first kappa shape index (κ1) is 19.0. The Labute approximate surface area is 131 Å². The number of ether oxygens (including phenoxy) is 1. The lowest BCUT2D eigenvalue weighted by Gasteiger charge is -2.25. The number of carbonyl (C=O) groups excluding carboxylic acids is 1. The van der Waals surface area contributed by atoms with Crippen LogP contribution in [0.25, 0.3) is 0 Å². The summed E-state index contributed by atoms with van der Waals surface area (Å²) in [5.41, 5.74) is 0. The number of amides is 1. The fourth-order valence-electron chi connectivity index (χ4n) is 1.96. The lowest BCUT2D eigenvalue weighted by molar-refractivity contribution is -0.128. The first-order valence-electron chi connectivity index (χ1n) is 6.33. The van der Waals surface area contributed by atoms with Crippen LogP contribution in [0.2, 0.25) is 0 Å². The molecular formula is C13H21Cl2N3O2. The molecule has 1 aliphatic rings. The summed E-state index contributed by atoms with van der Waals surface area (Å²) in [5, 5.41) is 6.28. The summed E-state index contributed by atoms with van der Waals surface area (Å²) in [4.78, 5) is 15.9. The van der Waals surface area contributed by atoms with E-state index in [0.29, 0.717) is 5.75 Å². The average molecular weight is 322 g/mol. The van der Waals surface area contributed by atoms with Gasteiger partial charge in [-0.3, -0.25) is 9.78 Å². The van der Waals surface area contributed by atoms with Gasteiger partial charge in [-0.15, -0.1) is 24.8 Å². The van der Waals surface area contributed by atoms with Crippen LogP contribution in [-0.4, -0.2) is 36.1 Å². The van der Waals surface area contributed by atoms with Crippen LogP contribution in [0.4, 0.5) is 0 Å². The SMILES string of the molecule is CC(Oc1cccnc1)C(=O)NC1CCNCC1.Cl.Cl. The number of hydrogen-bond acceptors (Lipinski definition) is 4. The smallest absolute Gasteiger partial charge is 0.260 e. The molecule has 2 N–H and O–H groups in total. The van der Waals surface area contributed by atoms with E-state index in [-0.39, 0.29) is 36.8 Å². The predicted molar refractivity (Wildman–Crippen MR) is 82.9 cm³/mol. The van der Waals surface area contributed by atoms with Gasteiger partial charge in [0.25, 0.3) is 5.91 Å². The van der Waals surface area contributed by atoms with E-state index < -0.39 is 6.10 Å². The number of nitrogens with zero attached hydrogens (tertiary/aromatic N) is 1. The van der Waals surface area contributed by atoms with Crippen molar-refractivity contribution in [3.8, 4) is 5.75 Å². The van der Waals surface area contributed by atoms with Crippen molar-refractivity contribution >= 4 is 30.7 Å². The van der Waals surface area contributed by atoms with Crippen molar-refractivity contribution in [3.63, 3.8) is 0 Å². The third kappa shape index (κ3) is 5.94. The number of aromatic nitrogens is 1. The van der Waals surface area contributed by atoms with Crippen molar-refractivity contribution in [2.45, 2.75) is 31.9 Å². The lowest BCUT2D eigenvalue weighted by atomic mass is 10.1. The van der Waals surface area contributed by atoms with Crippen molar-refractivity contribution < 1.29 is 9.53 Å². The van der Waals surface area contributed by atoms with Gasteiger partial charge in [-0.2, -0.15) is 0 Å². The van der Waals surface area contributed by atoms with Gasteiger partial charge in [0, 0.05) is 12.2 Å². The van der Waals surface area contributed by atoms with E-state index in [1.807, 2.05) is 0 Å². The third-order valence-electron chi connectivity index (χ3n) is 3.00. The molecule has 0 aliphatic carbocycles. The summed E-state index contributed by atoms with van der Waals surface area (Å²) in [7, 11) is 0. The molecule has 1 amide bonds. The summed E-state index contributed by atoms with van der Waals surface area (Å²) in [6, 6.07) is 3.84. The zero-order chi connectivity index (χ0) is 12.8. The molecule has 0 saturated carbocycles. The standard InChI is InChI=1S/C13H19N3O2.2ClH/c1-10(18-12-3-2-6-15-9-12)13(17)16-11-4-7-14-8-5-11;;/h2-3,6,9-11,14H,4-5,7-8H2,1H3,(H,16,17);2*1H. The lowest BCUT2D eigenvalue weighted by Crippen LogP contribution is -2.46. The summed E-state index contributed by atoms with van der Waals surface area (Å²) in [6.45, 7) is 3.68. The molecule has 2 rings (SSSR count). The van der Waals surface area contributed by atoms with Gasteiger partial charge in [0.2, 0.25) is 0 Å². The molecular weight excluding hydrogens is 301 g/mol. The molecule has 114 valence electrons. The molecule has 1 aromatic heterocycles. The Balaban J connectivity index is 0.00000180. The number of carbonyl (C=O) groups is 1. The van der Waals surface area contributed by atoms with Gasteiger partial charge in [0.05, 0.1) is 6.20 Å². The van der Waals surface area contributed by atoms with Gasteiger partial charge in [0.15, 0.2) is 6.10 Å². The molecule has 20 heavy (non-hydrogen) atoms. The van der Waals surface area contributed by atoms with Gasteiger partial charge in [-0.05, 0) is 45.0 Å². The van der Waals surface area contributed by atoms with E-state index in [9.17, 15) is 4.79 Å². The van der Waals surface area contributed by atoms with E-state index in [1.54, 1.807) is 31.5 Å². The molecule has 0 radical (unpaired) electrons. The minimum atomic E-state index is -0.496. The Bertz CT molecular complexity index is 386. The van der Waals surface area contributed by atoms with Crippen LogP contribution in [0.3, 0.4) is 0 Å². The molecule has 0 aromatic carbocycles. The number of halogens is 2. The second-order valence-corrected chi connectivity index (χ2v) is 4.48. The van der Waals surface area contributed by atoms with Crippen LogP contribution >= 0.6 is 24.8 Å². The van der Waals surface area contributed by atoms with Crippen LogP contribution in [0.1, 0.15) is 19.8 Å². The quantitative estimate of drug-likeness (QED) is 0.883. The van der Waals surface area contributed by atoms with Crippen LogP contribution in [0, 0.1) is 0 Å². The average Bonchev–Trinajstić information content (AvgIpc) is 2.41. The topological polar surface area (TPSA) is 63.2 Å². The van der Waals surface area contributed by atoms with Gasteiger partial charge < -0.3 is 15.4 Å². The number of hydrogen-bond donors (Lipinski definition) is 2. The Kier molecular flexibility index (Phi) is 9.29. The first-order chi connectivity index (χ1) is 8.75. The van der Waals surface area contributed by atoms with Gasteiger partial charge in [-0.25, -0.2) is 0 Å². The van der Waals surface area contributed by atoms with Gasteiger partial charge in [-0.1, -0.05) is 0 Å². The maximum atomic E-state index is 11.9. The molecule has 1 atom stereocenters. The second kappa shape index (κ2) is 9.80. The molecule has 7 heteroatoms. The fraction of sp³-hybridized carbons (Fsp3) is 0.538. The second-order valence-electron chi connectivity index (χ2n) is 4.48. The molecule has 1 aromatic rings. The van der Waals surface area contributed by atoms with Crippen molar-refractivity contribution in [1.29, 1.82) is 0 Å². The highest BCUT2D eigenvalue weighted by atomic mass is 35.5. The maximum absolute atomic E-state index is 11.9. The van der Waals surface area contributed by atoms with Crippen LogP contribution in [0.15, 0.2) is 24.5 Å². The highest BCUT2D eigenvalue weighted by molar-refractivity contribution is 5.85. The molecule has 1 aliphatic heterocycles. The highest BCUT2D eigenvalue weighted by Gasteiger charge is 2.20. The molecule has 0 spiro atoms. The molecule has 5 nitrogen and oxygen atoms in total. The monoisotopic (exact) mass is 321 g/mol. The van der Waals surface area contributed by atoms with E-state index in [1.165, 1.54) is 0 Å². The Morgan fingerprint density at radius 3 is 2.75 bits per heavy atom. The molecule has 0 bridgehead atoms. The van der Waals surface area contributed by atoms with Crippen LogP contribution in [-0.2, 0) is 4.79 Å². The summed E-state index contributed by atoms with van der Waals surface area (Å²) >= 11 is 0. The van der Waals surface area contributed by atoms with Crippen molar-refractivity contribution in [2.75, 3.05) is 13.1 Å². The van der Waals surface area contributed by atoms with Crippen LogP contribution in [0.5, 0.6) is 5.75 Å². The van der Waals surface area contributed by atoms with E-state index in [2.05, 4.69) is 15.6 Å². The largest absolute Gasteiger partial charge is 0.479 e. The predicted octanol–water partition coefficient (Wildman–Crippen LogP) is 1.56. The van der Waals surface area contributed by atoms with Crippen molar-refractivity contribution in [1.82, 2.24) is 15.6 Å². The van der Waals surface area contributed by atoms with E-state index in [4.69, 9.17) is 4.74 Å². The molecule has 2 heterocycles. The fourth-order valence-corrected chi connectivity index (χ4v) is 1.96. The minimum absolute atomic E-state index is 0. The number of nitrogens with one attached hydrogen (secondary N) is 2.